The van der Waals surface area contributed by atoms with Crippen LogP contribution in [0.3, 0.4) is 0 Å². The van der Waals surface area contributed by atoms with Gasteiger partial charge in [-0.3, -0.25) is 0 Å². The van der Waals surface area contributed by atoms with Crippen molar-refractivity contribution in [3.05, 3.63) is 11.4 Å². The van der Waals surface area contributed by atoms with Crippen LogP contribution < -0.4 is 10.6 Å². The highest BCUT2D eigenvalue weighted by molar-refractivity contribution is 5.57. The summed E-state index contributed by atoms with van der Waals surface area (Å²) in [5, 5.41) is 6.90. The molecule has 0 bridgehead atoms. The quantitative estimate of drug-likeness (QED) is 0.830. The van der Waals surface area contributed by atoms with Crippen molar-refractivity contribution in [2.45, 2.75) is 59.3 Å². The number of nitrogens with zero attached hydrogens (tertiary/aromatic N) is 2. The first-order valence-electron chi connectivity index (χ1n) is 8.09. The van der Waals surface area contributed by atoms with Gasteiger partial charge in [0, 0.05) is 25.1 Å². The molecular weight excluding hydrogens is 248 g/mol. The summed E-state index contributed by atoms with van der Waals surface area (Å²) < 4.78 is 0. The van der Waals surface area contributed by atoms with Crippen LogP contribution in [0.25, 0.3) is 0 Å². The number of hydrogen-bond acceptors (Lipinski definition) is 4. The molecule has 0 atom stereocenters. The molecular formula is C16H28N4. The second-order valence-electron chi connectivity index (χ2n) is 5.73. The molecule has 1 fully saturated rings. The second kappa shape index (κ2) is 7.46. The number of nitrogens with one attached hydrogen (secondary N) is 2. The SMILES string of the molecule is CCNc1nc(CC)nc(NCC2CCCCC2)c1C. The number of anilines is 2. The first-order chi connectivity index (χ1) is 9.74. The van der Waals surface area contributed by atoms with Crippen molar-refractivity contribution in [1.82, 2.24) is 9.97 Å². The van der Waals surface area contributed by atoms with Crippen molar-refractivity contribution in [2.24, 2.45) is 5.92 Å². The predicted molar refractivity (Wildman–Crippen MR) is 85.4 cm³/mol. The van der Waals surface area contributed by atoms with E-state index in [-0.39, 0.29) is 0 Å². The summed E-state index contributed by atoms with van der Waals surface area (Å²) in [4.78, 5) is 9.23. The van der Waals surface area contributed by atoms with Gasteiger partial charge in [-0.1, -0.05) is 26.2 Å². The number of aryl methyl sites for hydroxylation is 1. The van der Waals surface area contributed by atoms with E-state index in [2.05, 4.69) is 41.4 Å². The van der Waals surface area contributed by atoms with Gasteiger partial charge in [0.05, 0.1) is 0 Å². The van der Waals surface area contributed by atoms with Crippen molar-refractivity contribution >= 4 is 11.6 Å². The Labute approximate surface area is 122 Å². The first kappa shape index (κ1) is 15.1. The minimum absolute atomic E-state index is 0.811. The number of rotatable bonds is 6. The van der Waals surface area contributed by atoms with Gasteiger partial charge in [0.2, 0.25) is 0 Å². The molecule has 4 nitrogen and oxygen atoms in total. The maximum Gasteiger partial charge on any atom is 0.134 e. The lowest BCUT2D eigenvalue weighted by atomic mass is 9.89. The summed E-state index contributed by atoms with van der Waals surface area (Å²) in [5.41, 5.74) is 1.14. The van der Waals surface area contributed by atoms with E-state index in [0.29, 0.717) is 0 Å². The van der Waals surface area contributed by atoms with E-state index in [4.69, 9.17) is 0 Å². The Bertz CT molecular complexity index is 425. The first-order valence-corrected chi connectivity index (χ1v) is 8.09. The highest BCUT2D eigenvalue weighted by Crippen LogP contribution is 2.25. The molecule has 0 amide bonds. The molecule has 0 spiro atoms. The molecule has 0 aromatic carbocycles. The molecule has 112 valence electrons. The van der Waals surface area contributed by atoms with Crippen LogP contribution in [0.2, 0.25) is 0 Å². The fourth-order valence-corrected chi connectivity index (χ4v) is 2.87. The fraction of sp³-hybridized carbons (Fsp3) is 0.750. The van der Waals surface area contributed by atoms with Crippen molar-refractivity contribution < 1.29 is 0 Å². The molecule has 20 heavy (non-hydrogen) atoms. The van der Waals surface area contributed by atoms with Crippen LogP contribution >= 0.6 is 0 Å². The zero-order valence-electron chi connectivity index (χ0n) is 13.1. The van der Waals surface area contributed by atoms with Crippen LogP contribution in [-0.4, -0.2) is 23.1 Å². The van der Waals surface area contributed by atoms with Crippen molar-refractivity contribution in [3.8, 4) is 0 Å². The number of hydrogen-bond donors (Lipinski definition) is 2. The van der Waals surface area contributed by atoms with Crippen molar-refractivity contribution in [1.29, 1.82) is 0 Å². The van der Waals surface area contributed by atoms with Crippen molar-refractivity contribution in [2.75, 3.05) is 23.7 Å². The van der Waals surface area contributed by atoms with Gasteiger partial charge >= 0.3 is 0 Å². The van der Waals surface area contributed by atoms with E-state index < -0.39 is 0 Å². The lowest BCUT2D eigenvalue weighted by molar-refractivity contribution is 0.373. The van der Waals surface area contributed by atoms with Gasteiger partial charge < -0.3 is 10.6 Å². The molecule has 0 saturated heterocycles. The molecule has 1 saturated carbocycles. The summed E-state index contributed by atoms with van der Waals surface area (Å²) >= 11 is 0. The van der Waals surface area contributed by atoms with Gasteiger partial charge in [-0.25, -0.2) is 9.97 Å². The minimum atomic E-state index is 0.811. The zero-order chi connectivity index (χ0) is 14.4. The highest BCUT2D eigenvalue weighted by Gasteiger charge is 2.15. The molecule has 2 N–H and O–H groups in total. The maximum absolute atomic E-state index is 4.66. The van der Waals surface area contributed by atoms with Crippen LogP contribution in [0.5, 0.6) is 0 Å². The molecule has 4 heteroatoms. The Morgan fingerprint density at radius 2 is 1.65 bits per heavy atom. The van der Waals surface area contributed by atoms with Gasteiger partial charge in [-0.15, -0.1) is 0 Å². The van der Waals surface area contributed by atoms with Crippen molar-refractivity contribution in [3.63, 3.8) is 0 Å². The van der Waals surface area contributed by atoms with E-state index in [1.165, 1.54) is 32.1 Å². The summed E-state index contributed by atoms with van der Waals surface area (Å²) in [6.45, 7) is 8.24. The highest BCUT2D eigenvalue weighted by atomic mass is 15.1. The standard InChI is InChI=1S/C16H28N4/c1-4-14-19-15(17-5-2)12(3)16(20-14)18-11-13-9-7-6-8-10-13/h13H,4-11H2,1-3H3,(H2,17,18,19,20). The van der Waals surface area contributed by atoms with Crippen LogP contribution in [0, 0.1) is 12.8 Å². The normalized spacial score (nSPS) is 16.1. The topological polar surface area (TPSA) is 49.8 Å². The molecule has 1 heterocycles. The molecule has 1 aliphatic rings. The second-order valence-corrected chi connectivity index (χ2v) is 5.73. The van der Waals surface area contributed by atoms with Gasteiger partial charge in [0.1, 0.15) is 17.5 Å². The smallest absolute Gasteiger partial charge is 0.134 e. The lowest BCUT2D eigenvalue weighted by Crippen LogP contribution is -2.19. The molecule has 0 unspecified atom stereocenters. The maximum atomic E-state index is 4.66. The van der Waals surface area contributed by atoms with E-state index in [1.54, 1.807) is 0 Å². The molecule has 0 radical (unpaired) electrons. The Balaban J connectivity index is 2.06. The Hall–Kier alpha value is -1.32. The van der Waals surface area contributed by atoms with E-state index in [1.807, 2.05) is 0 Å². The Kier molecular flexibility index (Phi) is 5.62. The monoisotopic (exact) mass is 276 g/mol. The Morgan fingerprint density at radius 1 is 1.00 bits per heavy atom. The third-order valence-electron chi connectivity index (χ3n) is 4.14. The third-order valence-corrected chi connectivity index (χ3v) is 4.14. The molecule has 1 aromatic heterocycles. The van der Waals surface area contributed by atoms with Gasteiger partial charge in [-0.05, 0) is 32.6 Å². The Morgan fingerprint density at radius 3 is 2.25 bits per heavy atom. The van der Waals surface area contributed by atoms with Gasteiger partial charge in [0.25, 0.3) is 0 Å². The molecule has 1 aliphatic carbocycles. The zero-order valence-corrected chi connectivity index (χ0v) is 13.1. The third kappa shape index (κ3) is 3.84. The summed E-state index contributed by atoms with van der Waals surface area (Å²) in [5.74, 6) is 3.72. The van der Waals surface area contributed by atoms with E-state index in [9.17, 15) is 0 Å². The minimum Gasteiger partial charge on any atom is -0.370 e. The van der Waals surface area contributed by atoms with Gasteiger partial charge in [-0.2, -0.15) is 0 Å². The van der Waals surface area contributed by atoms with Gasteiger partial charge in [0.15, 0.2) is 0 Å². The summed E-state index contributed by atoms with van der Waals surface area (Å²) in [7, 11) is 0. The average molecular weight is 276 g/mol. The predicted octanol–water partition coefficient (Wildman–Crippen LogP) is 3.77. The van der Waals surface area contributed by atoms with Crippen LogP contribution in [0.1, 0.15) is 57.3 Å². The van der Waals surface area contributed by atoms with Crippen LogP contribution in [0.15, 0.2) is 0 Å². The largest absolute Gasteiger partial charge is 0.370 e. The summed E-state index contributed by atoms with van der Waals surface area (Å²) in [6, 6.07) is 0. The lowest BCUT2D eigenvalue weighted by Gasteiger charge is -2.23. The van der Waals surface area contributed by atoms with Crippen LogP contribution in [-0.2, 0) is 6.42 Å². The van der Waals surface area contributed by atoms with E-state index in [0.717, 1.165) is 48.5 Å². The molecule has 0 aliphatic heterocycles. The molecule has 2 rings (SSSR count). The molecule has 1 aromatic rings. The van der Waals surface area contributed by atoms with Crippen LogP contribution in [0.4, 0.5) is 11.6 Å². The summed E-state index contributed by atoms with van der Waals surface area (Å²) in [6.07, 6.45) is 7.77. The average Bonchev–Trinajstić information content (AvgIpc) is 2.49. The van der Waals surface area contributed by atoms with E-state index >= 15 is 0 Å². The fourth-order valence-electron chi connectivity index (χ4n) is 2.87. The number of aromatic nitrogens is 2.